The third-order valence-corrected chi connectivity index (χ3v) is 4.50. The Morgan fingerprint density at radius 2 is 1.89 bits per heavy atom. The minimum atomic E-state index is -4.45. The van der Waals surface area contributed by atoms with Crippen LogP contribution in [0.1, 0.15) is 11.3 Å². The first-order valence-electron chi connectivity index (χ1n) is 7.96. The molecule has 0 saturated heterocycles. The summed E-state index contributed by atoms with van der Waals surface area (Å²) in [5.74, 6) is 0.654. The van der Waals surface area contributed by atoms with Gasteiger partial charge in [-0.05, 0) is 30.3 Å². The van der Waals surface area contributed by atoms with E-state index in [4.69, 9.17) is 4.42 Å². The molecule has 0 aliphatic heterocycles. The molecule has 0 radical (unpaired) electrons. The van der Waals surface area contributed by atoms with Gasteiger partial charge in [0.05, 0.1) is 17.0 Å². The molecule has 1 N–H and O–H groups in total. The number of nitrogens with one attached hydrogen (secondary N) is 1. The summed E-state index contributed by atoms with van der Waals surface area (Å²) in [6.07, 6.45) is -2.92. The van der Waals surface area contributed by atoms with Crippen LogP contribution >= 0.6 is 11.8 Å². The molecule has 0 saturated carbocycles. The van der Waals surface area contributed by atoms with Gasteiger partial charge in [-0.15, -0.1) is 11.8 Å². The lowest BCUT2D eigenvalue weighted by Gasteiger charge is -2.09. The summed E-state index contributed by atoms with van der Waals surface area (Å²) < 4.78 is 43.5. The average molecular weight is 392 g/mol. The summed E-state index contributed by atoms with van der Waals surface area (Å²) in [6, 6.07) is 14.0. The van der Waals surface area contributed by atoms with Crippen LogP contribution in [0.5, 0.6) is 0 Å². The van der Waals surface area contributed by atoms with Crippen molar-refractivity contribution in [1.82, 2.24) is 4.98 Å². The summed E-state index contributed by atoms with van der Waals surface area (Å²) in [4.78, 5) is 16.3. The highest BCUT2D eigenvalue weighted by atomic mass is 32.2. The Bertz CT molecular complexity index is 911. The number of nitrogens with zero attached hydrogens (tertiary/aromatic N) is 1. The number of carbonyl (C=O) groups excluding carboxylic acids is 1. The van der Waals surface area contributed by atoms with Crippen molar-refractivity contribution in [2.45, 2.75) is 11.9 Å². The second-order valence-corrected chi connectivity index (χ2v) is 6.62. The number of thioether (sulfide) groups is 1. The normalized spacial score (nSPS) is 11.4. The molecular weight excluding hydrogens is 377 g/mol. The standard InChI is InChI=1S/C19H15F3N2O2S/c20-19(21,22)14-7-4-8-15(9-14)23-17(25)12-27-11-16-10-26-18(24-16)13-5-2-1-3-6-13/h1-10H,11-12H2,(H,23,25). The van der Waals surface area contributed by atoms with E-state index in [2.05, 4.69) is 10.3 Å². The number of benzene rings is 2. The van der Waals surface area contributed by atoms with Crippen molar-refractivity contribution in [2.75, 3.05) is 11.1 Å². The van der Waals surface area contributed by atoms with Crippen LogP contribution in [0.3, 0.4) is 0 Å². The summed E-state index contributed by atoms with van der Waals surface area (Å²) in [6.45, 7) is 0. The minimum Gasteiger partial charge on any atom is -0.444 e. The molecule has 0 unspecified atom stereocenters. The van der Waals surface area contributed by atoms with E-state index in [9.17, 15) is 18.0 Å². The lowest BCUT2D eigenvalue weighted by molar-refractivity contribution is -0.137. The van der Waals surface area contributed by atoms with Crippen LogP contribution in [-0.4, -0.2) is 16.6 Å². The molecule has 1 heterocycles. The second-order valence-electron chi connectivity index (χ2n) is 5.63. The number of alkyl halides is 3. The molecular formula is C19H15F3N2O2S. The van der Waals surface area contributed by atoms with Crippen LogP contribution in [0.25, 0.3) is 11.5 Å². The van der Waals surface area contributed by atoms with Gasteiger partial charge in [0.15, 0.2) is 0 Å². The van der Waals surface area contributed by atoms with Gasteiger partial charge in [-0.25, -0.2) is 4.98 Å². The highest BCUT2D eigenvalue weighted by molar-refractivity contribution is 7.99. The lowest BCUT2D eigenvalue weighted by atomic mass is 10.2. The van der Waals surface area contributed by atoms with E-state index in [-0.39, 0.29) is 17.3 Å². The topological polar surface area (TPSA) is 55.1 Å². The quantitative estimate of drug-likeness (QED) is 0.624. The zero-order valence-corrected chi connectivity index (χ0v) is 14.8. The largest absolute Gasteiger partial charge is 0.444 e. The molecule has 0 aliphatic rings. The van der Waals surface area contributed by atoms with Gasteiger partial charge in [0, 0.05) is 17.0 Å². The van der Waals surface area contributed by atoms with E-state index in [0.29, 0.717) is 17.3 Å². The summed E-state index contributed by atoms with van der Waals surface area (Å²) in [5, 5.41) is 2.47. The van der Waals surface area contributed by atoms with Crippen molar-refractivity contribution in [2.24, 2.45) is 0 Å². The number of carbonyl (C=O) groups is 1. The Labute approximate surface area is 157 Å². The maximum atomic E-state index is 12.7. The summed E-state index contributed by atoms with van der Waals surface area (Å²) in [5.41, 5.74) is 0.856. The third kappa shape index (κ3) is 5.37. The average Bonchev–Trinajstić information content (AvgIpc) is 3.11. The highest BCUT2D eigenvalue weighted by Crippen LogP contribution is 2.30. The van der Waals surface area contributed by atoms with Gasteiger partial charge in [0.25, 0.3) is 0 Å². The first-order valence-corrected chi connectivity index (χ1v) is 9.12. The Morgan fingerprint density at radius 3 is 2.63 bits per heavy atom. The number of oxazole rings is 1. The second kappa shape index (κ2) is 8.30. The van der Waals surface area contributed by atoms with Crippen molar-refractivity contribution >= 4 is 23.4 Å². The van der Waals surface area contributed by atoms with Gasteiger partial charge >= 0.3 is 6.18 Å². The smallest absolute Gasteiger partial charge is 0.416 e. The maximum absolute atomic E-state index is 12.7. The van der Waals surface area contributed by atoms with E-state index in [0.717, 1.165) is 17.7 Å². The predicted octanol–water partition coefficient (Wildman–Crippen LogP) is 5.23. The Balaban J connectivity index is 1.50. The monoisotopic (exact) mass is 392 g/mol. The van der Waals surface area contributed by atoms with Gasteiger partial charge in [0.1, 0.15) is 6.26 Å². The number of rotatable bonds is 6. The van der Waals surface area contributed by atoms with E-state index < -0.39 is 11.7 Å². The number of aromatic nitrogens is 1. The highest BCUT2D eigenvalue weighted by Gasteiger charge is 2.30. The number of hydrogen-bond acceptors (Lipinski definition) is 4. The van der Waals surface area contributed by atoms with Crippen molar-refractivity contribution in [1.29, 1.82) is 0 Å². The molecule has 1 aromatic heterocycles. The van der Waals surface area contributed by atoms with Crippen molar-refractivity contribution < 1.29 is 22.4 Å². The van der Waals surface area contributed by atoms with Crippen LogP contribution in [0.2, 0.25) is 0 Å². The Morgan fingerprint density at radius 1 is 1.11 bits per heavy atom. The lowest BCUT2D eigenvalue weighted by Crippen LogP contribution is -2.15. The molecule has 27 heavy (non-hydrogen) atoms. The number of anilines is 1. The van der Waals surface area contributed by atoms with E-state index in [1.54, 1.807) is 0 Å². The third-order valence-electron chi connectivity index (χ3n) is 3.53. The van der Waals surface area contributed by atoms with Crippen molar-refractivity contribution in [3.8, 4) is 11.5 Å². The van der Waals surface area contributed by atoms with Gasteiger partial charge in [0.2, 0.25) is 11.8 Å². The SMILES string of the molecule is O=C(CSCc1coc(-c2ccccc2)n1)Nc1cccc(C(F)(F)F)c1. The molecule has 0 bridgehead atoms. The molecule has 8 heteroatoms. The fourth-order valence-corrected chi connectivity index (χ4v) is 3.01. The van der Waals surface area contributed by atoms with Crippen LogP contribution in [0.4, 0.5) is 18.9 Å². The molecule has 0 fully saturated rings. The predicted molar refractivity (Wildman–Crippen MR) is 98.2 cm³/mol. The van der Waals surface area contributed by atoms with Crippen LogP contribution in [0.15, 0.2) is 65.3 Å². The molecule has 0 aliphatic carbocycles. The fourth-order valence-electron chi connectivity index (χ4n) is 2.31. The van der Waals surface area contributed by atoms with Gasteiger partial charge in [-0.1, -0.05) is 24.3 Å². The first-order chi connectivity index (χ1) is 12.9. The molecule has 1 amide bonds. The van der Waals surface area contributed by atoms with Gasteiger partial charge in [-0.2, -0.15) is 13.2 Å². The number of amides is 1. The van der Waals surface area contributed by atoms with Gasteiger partial charge in [-0.3, -0.25) is 4.79 Å². The summed E-state index contributed by atoms with van der Waals surface area (Å²) in [7, 11) is 0. The van der Waals surface area contributed by atoms with E-state index in [1.807, 2.05) is 30.3 Å². The summed E-state index contributed by atoms with van der Waals surface area (Å²) >= 11 is 1.30. The number of halogens is 3. The maximum Gasteiger partial charge on any atom is 0.416 e. The fraction of sp³-hybridized carbons (Fsp3) is 0.158. The Kier molecular flexibility index (Phi) is 5.85. The zero-order valence-electron chi connectivity index (χ0n) is 14.0. The zero-order chi connectivity index (χ0) is 19.3. The molecule has 0 atom stereocenters. The van der Waals surface area contributed by atoms with Gasteiger partial charge < -0.3 is 9.73 Å². The van der Waals surface area contributed by atoms with E-state index >= 15 is 0 Å². The minimum absolute atomic E-state index is 0.0871. The molecule has 4 nitrogen and oxygen atoms in total. The van der Waals surface area contributed by atoms with E-state index in [1.165, 1.54) is 30.2 Å². The first kappa shape index (κ1) is 19.0. The van der Waals surface area contributed by atoms with Crippen molar-refractivity contribution in [3.63, 3.8) is 0 Å². The van der Waals surface area contributed by atoms with Crippen LogP contribution in [0, 0.1) is 0 Å². The Hall–Kier alpha value is -2.74. The van der Waals surface area contributed by atoms with Crippen LogP contribution in [-0.2, 0) is 16.7 Å². The molecule has 2 aromatic carbocycles. The van der Waals surface area contributed by atoms with Crippen LogP contribution < -0.4 is 5.32 Å². The molecule has 3 rings (SSSR count). The number of hydrogen-bond donors (Lipinski definition) is 1. The molecule has 140 valence electrons. The van der Waals surface area contributed by atoms with Crippen molar-refractivity contribution in [3.05, 3.63) is 72.1 Å². The molecule has 0 spiro atoms. The molecule has 3 aromatic rings.